The van der Waals surface area contributed by atoms with Gasteiger partial charge in [0.05, 0.1) is 15.9 Å². The maximum Gasteiger partial charge on any atom is 0.416 e. The SMILES string of the molecule is Cl.FC(F)(F)c1ccc(-c2ccc([C@@H](c3ccc(Cl)s3)N3CCNCC3)cc2)cc1. The Bertz CT molecular complexity index is 950. The summed E-state index contributed by atoms with van der Waals surface area (Å²) in [7, 11) is 0. The first-order valence-corrected chi connectivity index (χ1v) is 10.6. The van der Waals surface area contributed by atoms with Crippen molar-refractivity contribution in [3.8, 4) is 11.1 Å². The molecule has 30 heavy (non-hydrogen) atoms. The molecule has 2 aromatic carbocycles. The van der Waals surface area contributed by atoms with Gasteiger partial charge in [0.15, 0.2) is 0 Å². The number of halogens is 5. The second kappa shape index (κ2) is 9.71. The van der Waals surface area contributed by atoms with Gasteiger partial charge in [0, 0.05) is 31.1 Å². The Morgan fingerprint density at radius 3 is 1.93 bits per heavy atom. The molecule has 8 heteroatoms. The number of nitrogens with zero attached hydrogens (tertiary/aromatic N) is 1. The summed E-state index contributed by atoms with van der Waals surface area (Å²) in [6.07, 6.45) is -4.32. The first-order chi connectivity index (χ1) is 13.9. The molecule has 160 valence electrons. The topological polar surface area (TPSA) is 15.3 Å². The molecule has 2 heterocycles. The van der Waals surface area contributed by atoms with Gasteiger partial charge < -0.3 is 5.32 Å². The molecule has 1 fully saturated rings. The monoisotopic (exact) mass is 472 g/mol. The van der Waals surface area contributed by atoms with Crippen LogP contribution in [0.5, 0.6) is 0 Å². The van der Waals surface area contributed by atoms with E-state index in [-0.39, 0.29) is 18.4 Å². The fraction of sp³-hybridized carbons (Fsp3) is 0.273. The number of hydrogen-bond acceptors (Lipinski definition) is 3. The standard InChI is InChI=1S/C22H20ClF3N2S.ClH/c23-20-10-9-19(29-20)21(28-13-11-27-12-14-28)17-3-1-15(2-4-17)16-5-7-18(8-6-16)22(24,25)26;/h1-10,21,27H,11-14H2;1H/t21-;/m0./s1. The van der Waals surface area contributed by atoms with Crippen molar-refractivity contribution in [1.82, 2.24) is 10.2 Å². The molecule has 4 rings (SSSR count). The van der Waals surface area contributed by atoms with E-state index in [4.69, 9.17) is 11.6 Å². The number of rotatable bonds is 4. The van der Waals surface area contributed by atoms with Crippen LogP contribution in [0.4, 0.5) is 13.2 Å². The fourth-order valence-corrected chi connectivity index (χ4v) is 4.90. The van der Waals surface area contributed by atoms with Gasteiger partial charge in [-0.1, -0.05) is 48.0 Å². The summed E-state index contributed by atoms with van der Waals surface area (Å²) in [5.41, 5.74) is 2.18. The van der Waals surface area contributed by atoms with Crippen LogP contribution in [0.25, 0.3) is 11.1 Å². The van der Waals surface area contributed by atoms with Gasteiger partial charge in [-0.25, -0.2) is 0 Å². The van der Waals surface area contributed by atoms with Crippen LogP contribution >= 0.6 is 35.3 Å². The van der Waals surface area contributed by atoms with E-state index in [0.717, 1.165) is 59.3 Å². The number of hydrogen-bond donors (Lipinski definition) is 1. The Hall–Kier alpha value is -1.57. The molecule has 1 saturated heterocycles. The first kappa shape index (κ1) is 23.1. The lowest BCUT2D eigenvalue weighted by molar-refractivity contribution is -0.137. The Kier molecular flexibility index (Phi) is 7.47. The molecule has 3 aromatic rings. The molecule has 0 amide bonds. The van der Waals surface area contributed by atoms with Crippen LogP contribution in [0.2, 0.25) is 4.34 Å². The number of benzene rings is 2. The lowest BCUT2D eigenvalue weighted by atomic mass is 9.98. The molecule has 1 aliphatic rings. The lowest BCUT2D eigenvalue weighted by Gasteiger charge is -2.34. The average Bonchev–Trinajstić information content (AvgIpc) is 3.15. The third-order valence-electron chi connectivity index (χ3n) is 5.15. The van der Waals surface area contributed by atoms with Crippen molar-refractivity contribution in [3.05, 3.63) is 81.0 Å². The predicted octanol–water partition coefficient (Wildman–Crippen LogP) is 6.50. The van der Waals surface area contributed by atoms with Crippen molar-refractivity contribution in [2.45, 2.75) is 12.2 Å². The summed E-state index contributed by atoms with van der Waals surface area (Å²) in [5, 5.41) is 3.38. The molecule has 0 radical (unpaired) electrons. The predicted molar refractivity (Wildman–Crippen MR) is 120 cm³/mol. The second-order valence-corrected chi connectivity index (χ2v) is 8.77. The minimum atomic E-state index is -4.32. The Morgan fingerprint density at radius 2 is 1.43 bits per heavy atom. The van der Waals surface area contributed by atoms with Crippen LogP contribution in [0.15, 0.2) is 60.7 Å². The summed E-state index contributed by atoms with van der Waals surface area (Å²) in [4.78, 5) is 3.63. The van der Waals surface area contributed by atoms with Crippen molar-refractivity contribution in [1.29, 1.82) is 0 Å². The van der Waals surface area contributed by atoms with Crippen molar-refractivity contribution >= 4 is 35.3 Å². The van der Waals surface area contributed by atoms with Gasteiger partial charge in [0.25, 0.3) is 0 Å². The van der Waals surface area contributed by atoms with E-state index in [0.29, 0.717) is 0 Å². The zero-order chi connectivity index (χ0) is 20.4. The van der Waals surface area contributed by atoms with E-state index < -0.39 is 11.7 Å². The van der Waals surface area contributed by atoms with Gasteiger partial charge in [0.2, 0.25) is 0 Å². The van der Waals surface area contributed by atoms with Gasteiger partial charge in [-0.05, 0) is 41.0 Å². The van der Waals surface area contributed by atoms with E-state index >= 15 is 0 Å². The quantitative estimate of drug-likeness (QED) is 0.465. The molecule has 1 aromatic heterocycles. The molecule has 0 saturated carbocycles. The van der Waals surface area contributed by atoms with Crippen molar-refractivity contribution in [3.63, 3.8) is 0 Å². The average molecular weight is 473 g/mol. The number of nitrogens with one attached hydrogen (secondary N) is 1. The molecular weight excluding hydrogens is 452 g/mol. The van der Waals surface area contributed by atoms with Crippen LogP contribution < -0.4 is 5.32 Å². The Morgan fingerprint density at radius 1 is 0.867 bits per heavy atom. The van der Waals surface area contributed by atoms with Crippen molar-refractivity contribution in [2.24, 2.45) is 0 Å². The summed E-state index contributed by atoms with van der Waals surface area (Å²) in [6, 6.07) is 17.5. The summed E-state index contributed by atoms with van der Waals surface area (Å²) in [5.74, 6) is 0. The molecule has 0 spiro atoms. The van der Waals surface area contributed by atoms with E-state index in [1.807, 2.05) is 18.2 Å². The van der Waals surface area contributed by atoms with Crippen LogP contribution in [-0.2, 0) is 6.18 Å². The summed E-state index contributed by atoms with van der Waals surface area (Å²) >= 11 is 7.77. The fourth-order valence-electron chi connectivity index (χ4n) is 3.68. The van der Waals surface area contributed by atoms with Gasteiger partial charge in [-0.15, -0.1) is 23.7 Å². The molecule has 0 aliphatic carbocycles. The van der Waals surface area contributed by atoms with Crippen LogP contribution in [0.1, 0.15) is 22.0 Å². The Balaban J connectivity index is 0.00000256. The highest BCUT2D eigenvalue weighted by atomic mass is 35.5. The highest BCUT2D eigenvalue weighted by molar-refractivity contribution is 7.16. The number of thiophene rings is 1. The van der Waals surface area contributed by atoms with E-state index in [1.165, 1.54) is 17.0 Å². The van der Waals surface area contributed by atoms with Crippen molar-refractivity contribution in [2.75, 3.05) is 26.2 Å². The second-order valence-electron chi connectivity index (χ2n) is 7.03. The van der Waals surface area contributed by atoms with Crippen LogP contribution in [0.3, 0.4) is 0 Å². The first-order valence-electron chi connectivity index (χ1n) is 9.39. The third kappa shape index (κ3) is 5.18. The van der Waals surface area contributed by atoms with Crippen LogP contribution in [-0.4, -0.2) is 31.1 Å². The smallest absolute Gasteiger partial charge is 0.314 e. The van der Waals surface area contributed by atoms with E-state index in [2.05, 4.69) is 28.4 Å². The molecule has 1 N–H and O–H groups in total. The summed E-state index contributed by atoms with van der Waals surface area (Å²) < 4.78 is 39.1. The van der Waals surface area contributed by atoms with Crippen molar-refractivity contribution < 1.29 is 13.2 Å². The normalized spacial score (nSPS) is 16.1. The zero-order valence-electron chi connectivity index (χ0n) is 16.0. The molecule has 2 nitrogen and oxygen atoms in total. The van der Waals surface area contributed by atoms with E-state index in [1.54, 1.807) is 11.3 Å². The highest BCUT2D eigenvalue weighted by Crippen LogP contribution is 2.36. The number of piperazine rings is 1. The lowest BCUT2D eigenvalue weighted by Crippen LogP contribution is -2.45. The molecular formula is C22H21Cl2F3N2S. The minimum absolute atomic E-state index is 0. The molecule has 1 aliphatic heterocycles. The van der Waals surface area contributed by atoms with E-state index in [9.17, 15) is 13.2 Å². The number of alkyl halides is 3. The summed E-state index contributed by atoms with van der Waals surface area (Å²) in [6.45, 7) is 3.78. The highest BCUT2D eigenvalue weighted by Gasteiger charge is 2.30. The zero-order valence-corrected chi connectivity index (χ0v) is 18.3. The maximum atomic E-state index is 12.8. The molecule has 0 bridgehead atoms. The molecule has 0 unspecified atom stereocenters. The maximum absolute atomic E-state index is 12.8. The van der Waals surface area contributed by atoms with Gasteiger partial charge >= 0.3 is 6.18 Å². The largest absolute Gasteiger partial charge is 0.416 e. The van der Waals surface area contributed by atoms with Gasteiger partial charge in [-0.2, -0.15) is 13.2 Å². The van der Waals surface area contributed by atoms with Gasteiger partial charge in [-0.3, -0.25) is 4.90 Å². The van der Waals surface area contributed by atoms with Crippen LogP contribution in [0, 0.1) is 0 Å². The third-order valence-corrected chi connectivity index (χ3v) is 6.44. The minimum Gasteiger partial charge on any atom is -0.314 e. The Labute approximate surface area is 189 Å². The van der Waals surface area contributed by atoms with Gasteiger partial charge in [0.1, 0.15) is 0 Å². The molecule has 1 atom stereocenters.